The van der Waals surface area contributed by atoms with Gasteiger partial charge in [-0.1, -0.05) is 182 Å². The molecule has 0 fully saturated rings. The molecule has 0 saturated heterocycles. The zero-order valence-corrected chi connectivity index (χ0v) is 34.2. The van der Waals surface area contributed by atoms with Crippen LogP contribution >= 0.6 is 0 Å². The van der Waals surface area contributed by atoms with Crippen molar-refractivity contribution in [2.24, 2.45) is 0 Å². The van der Waals surface area contributed by atoms with Crippen LogP contribution in [0.1, 0.15) is 0 Å². The quantitative estimate of drug-likeness (QED) is 0.151. The van der Waals surface area contributed by atoms with E-state index in [1.54, 1.807) is 0 Å². The maximum Gasteiger partial charge on any atom is 0.160 e. The highest BCUT2D eigenvalue weighted by molar-refractivity contribution is 6.14. The minimum absolute atomic E-state index is 0.691. The summed E-state index contributed by atoms with van der Waals surface area (Å²) in [5, 5.41) is 5.99. The van der Waals surface area contributed by atoms with E-state index in [9.17, 15) is 0 Å². The van der Waals surface area contributed by atoms with Crippen molar-refractivity contribution >= 4 is 43.5 Å². The van der Waals surface area contributed by atoms with Crippen LogP contribution in [0, 0.1) is 0 Å². The van der Waals surface area contributed by atoms with Crippen molar-refractivity contribution in [1.82, 2.24) is 19.5 Å². The molecule has 12 rings (SSSR count). The lowest BCUT2D eigenvalue weighted by molar-refractivity contribution is 1.16. The summed E-state index contributed by atoms with van der Waals surface area (Å²) in [5.41, 5.74) is 15.9. The molecule has 3 heterocycles. The Kier molecular flexibility index (Phi) is 8.79. The predicted octanol–water partition coefficient (Wildman–Crippen LogP) is 15.3. The van der Waals surface area contributed by atoms with Crippen LogP contribution in [0.25, 0.3) is 117 Å². The number of hydrogen-bond donors (Lipinski definition) is 0. The van der Waals surface area contributed by atoms with Crippen LogP contribution in [0.15, 0.2) is 231 Å². The lowest BCUT2D eigenvalue weighted by Crippen LogP contribution is -1.97. The molecule has 0 amide bonds. The summed E-state index contributed by atoms with van der Waals surface area (Å²) in [4.78, 5) is 15.5. The first-order valence-corrected chi connectivity index (χ1v) is 21.3. The number of para-hydroxylation sites is 2. The summed E-state index contributed by atoms with van der Waals surface area (Å²) in [6.45, 7) is 0. The Morgan fingerprint density at radius 1 is 0.302 bits per heavy atom. The molecule has 0 aliphatic rings. The van der Waals surface area contributed by atoms with Gasteiger partial charge in [-0.05, 0) is 81.6 Å². The fourth-order valence-electron chi connectivity index (χ4n) is 9.15. The second kappa shape index (κ2) is 15.2. The SMILES string of the molecule is c1ccc(-c2cc(-c3ccccc3)c3c(ccc4cc(-c5ccc(-c6cc(-c7cccc(-n8c9ccccc9c9ccccc98)c7)nc(-c7ccccc7)n6)cc5)ccc43)n2)cc1. The molecule has 0 bridgehead atoms. The number of pyridine rings is 1. The van der Waals surface area contributed by atoms with Crippen LogP contribution < -0.4 is 0 Å². The highest BCUT2D eigenvalue weighted by Crippen LogP contribution is 2.39. The number of rotatable bonds is 7. The van der Waals surface area contributed by atoms with E-state index < -0.39 is 0 Å². The first-order valence-electron chi connectivity index (χ1n) is 21.3. The predicted molar refractivity (Wildman–Crippen MR) is 262 cm³/mol. The van der Waals surface area contributed by atoms with Crippen LogP contribution in [-0.4, -0.2) is 19.5 Å². The van der Waals surface area contributed by atoms with E-state index in [2.05, 4.69) is 211 Å². The molecule has 9 aromatic carbocycles. The number of fused-ring (bicyclic) bond motifs is 6. The molecule has 0 unspecified atom stereocenters. The summed E-state index contributed by atoms with van der Waals surface area (Å²) >= 11 is 0. The van der Waals surface area contributed by atoms with Crippen LogP contribution in [-0.2, 0) is 0 Å². The molecule has 0 saturated carbocycles. The summed E-state index contributed by atoms with van der Waals surface area (Å²) < 4.78 is 2.35. The number of nitrogens with zero attached hydrogens (tertiary/aromatic N) is 4. The zero-order chi connectivity index (χ0) is 41.7. The Labute approximate surface area is 365 Å². The third-order valence-electron chi connectivity index (χ3n) is 12.2. The van der Waals surface area contributed by atoms with Crippen molar-refractivity contribution in [3.8, 4) is 73.1 Å². The van der Waals surface area contributed by atoms with Gasteiger partial charge in [0.15, 0.2) is 5.82 Å². The van der Waals surface area contributed by atoms with E-state index in [0.717, 1.165) is 67.1 Å². The molecule has 0 spiro atoms. The Morgan fingerprint density at radius 3 is 1.54 bits per heavy atom. The normalized spacial score (nSPS) is 11.5. The Morgan fingerprint density at radius 2 is 0.841 bits per heavy atom. The van der Waals surface area contributed by atoms with Crippen LogP contribution in [0.5, 0.6) is 0 Å². The van der Waals surface area contributed by atoms with E-state index in [4.69, 9.17) is 15.0 Å². The third-order valence-corrected chi connectivity index (χ3v) is 12.2. The third kappa shape index (κ3) is 6.53. The minimum atomic E-state index is 0.691. The standard InChI is InChI=1S/C59H38N4/c1-4-15-40(16-5-1)51-37-53(41-17-6-2-7-18-41)60-52-34-32-45-35-44(31-33-48(45)58(51)52)39-27-29-42(30-28-39)54-38-55(62-59(61-54)43-19-8-3-9-20-43)46-21-14-22-47(36-46)63-56-25-12-10-23-49(56)50-24-11-13-26-57(50)63/h1-38H. The second-order valence-electron chi connectivity index (χ2n) is 16.0. The van der Waals surface area contributed by atoms with Crippen molar-refractivity contribution < 1.29 is 0 Å². The van der Waals surface area contributed by atoms with Crippen molar-refractivity contribution in [2.45, 2.75) is 0 Å². The molecule has 0 aliphatic heterocycles. The largest absolute Gasteiger partial charge is 0.309 e. The Bertz CT molecular complexity index is 3600. The molecular weight excluding hydrogens is 765 g/mol. The lowest BCUT2D eigenvalue weighted by atomic mass is 9.93. The Hall–Kier alpha value is -8.47. The molecule has 0 atom stereocenters. The van der Waals surface area contributed by atoms with Gasteiger partial charge in [0.2, 0.25) is 0 Å². The van der Waals surface area contributed by atoms with Crippen molar-refractivity contribution in [1.29, 1.82) is 0 Å². The average molecular weight is 803 g/mol. The summed E-state index contributed by atoms with van der Waals surface area (Å²) in [6.07, 6.45) is 0. The first-order chi connectivity index (χ1) is 31.2. The number of benzene rings is 9. The van der Waals surface area contributed by atoms with Gasteiger partial charge in [-0.2, -0.15) is 0 Å². The van der Waals surface area contributed by atoms with Gasteiger partial charge in [0.05, 0.1) is 33.6 Å². The van der Waals surface area contributed by atoms with Gasteiger partial charge in [0.1, 0.15) is 0 Å². The monoisotopic (exact) mass is 802 g/mol. The van der Waals surface area contributed by atoms with E-state index in [-0.39, 0.29) is 0 Å². The van der Waals surface area contributed by atoms with Crippen molar-refractivity contribution in [2.75, 3.05) is 0 Å². The fourth-order valence-corrected chi connectivity index (χ4v) is 9.15. The van der Waals surface area contributed by atoms with Crippen molar-refractivity contribution in [3.05, 3.63) is 231 Å². The van der Waals surface area contributed by atoms with Crippen LogP contribution in [0.3, 0.4) is 0 Å². The Balaban J connectivity index is 0.930. The zero-order valence-electron chi connectivity index (χ0n) is 34.2. The number of hydrogen-bond acceptors (Lipinski definition) is 3. The van der Waals surface area contributed by atoms with Gasteiger partial charge >= 0.3 is 0 Å². The second-order valence-corrected chi connectivity index (χ2v) is 16.0. The molecule has 0 aliphatic carbocycles. The number of aromatic nitrogens is 4. The van der Waals surface area contributed by atoms with E-state index in [1.807, 2.05) is 24.3 Å². The molecule has 3 aromatic heterocycles. The molecule has 4 heteroatoms. The molecule has 294 valence electrons. The van der Waals surface area contributed by atoms with Gasteiger partial charge < -0.3 is 4.57 Å². The topological polar surface area (TPSA) is 43.6 Å². The average Bonchev–Trinajstić information content (AvgIpc) is 3.71. The molecule has 63 heavy (non-hydrogen) atoms. The van der Waals surface area contributed by atoms with Crippen LogP contribution in [0.2, 0.25) is 0 Å². The van der Waals surface area contributed by atoms with Gasteiger partial charge in [0.25, 0.3) is 0 Å². The van der Waals surface area contributed by atoms with Gasteiger partial charge in [-0.25, -0.2) is 15.0 Å². The summed E-state index contributed by atoms with van der Waals surface area (Å²) in [6, 6.07) is 81.5. The maximum atomic E-state index is 5.18. The van der Waals surface area contributed by atoms with E-state index >= 15 is 0 Å². The van der Waals surface area contributed by atoms with Crippen LogP contribution in [0.4, 0.5) is 0 Å². The lowest BCUT2D eigenvalue weighted by Gasteiger charge is -2.14. The smallest absolute Gasteiger partial charge is 0.160 e. The minimum Gasteiger partial charge on any atom is -0.309 e. The first kappa shape index (κ1) is 36.4. The highest BCUT2D eigenvalue weighted by atomic mass is 15.0. The highest BCUT2D eigenvalue weighted by Gasteiger charge is 2.17. The van der Waals surface area contributed by atoms with E-state index in [0.29, 0.717) is 5.82 Å². The van der Waals surface area contributed by atoms with E-state index in [1.165, 1.54) is 43.7 Å². The molecular formula is C59H38N4. The molecule has 12 aromatic rings. The summed E-state index contributed by atoms with van der Waals surface area (Å²) in [5.74, 6) is 0.691. The maximum absolute atomic E-state index is 5.18. The summed E-state index contributed by atoms with van der Waals surface area (Å²) in [7, 11) is 0. The molecule has 0 radical (unpaired) electrons. The van der Waals surface area contributed by atoms with Gasteiger partial charge in [-0.3, -0.25) is 0 Å². The molecule has 4 nitrogen and oxygen atoms in total. The molecule has 0 N–H and O–H groups in total. The van der Waals surface area contributed by atoms with Crippen molar-refractivity contribution in [3.63, 3.8) is 0 Å². The van der Waals surface area contributed by atoms with Gasteiger partial charge in [0, 0.05) is 44.1 Å². The fraction of sp³-hybridized carbons (Fsp3) is 0. The van der Waals surface area contributed by atoms with Gasteiger partial charge in [-0.15, -0.1) is 0 Å².